The second kappa shape index (κ2) is 5.49. The molecule has 0 saturated carbocycles. The second-order valence-electron chi connectivity index (χ2n) is 5.79. The van der Waals surface area contributed by atoms with Crippen LogP contribution in [0, 0.1) is 6.92 Å². The highest BCUT2D eigenvalue weighted by Crippen LogP contribution is 2.29. The Balaban J connectivity index is 1.51. The normalized spacial score (nSPS) is 11.6. The molecule has 0 unspecified atom stereocenters. The first-order valence-electron chi connectivity index (χ1n) is 7.87. The van der Waals surface area contributed by atoms with Gasteiger partial charge in [-0.3, -0.25) is 0 Å². The summed E-state index contributed by atoms with van der Waals surface area (Å²) in [5.74, 6) is 1.55. The van der Waals surface area contributed by atoms with Crippen LogP contribution in [0.15, 0.2) is 48.5 Å². The highest BCUT2D eigenvalue weighted by Gasteiger charge is 2.19. The topological polar surface area (TPSA) is 65.2 Å². The molecule has 0 fully saturated rings. The molecule has 0 spiro atoms. The van der Waals surface area contributed by atoms with E-state index >= 15 is 0 Å². The molecule has 0 bridgehead atoms. The molecule has 2 aliphatic rings. The zero-order valence-electron chi connectivity index (χ0n) is 13.4. The van der Waals surface area contributed by atoms with Gasteiger partial charge in [-0.1, -0.05) is 47.2 Å². The Hall–Kier alpha value is -3.06. The van der Waals surface area contributed by atoms with Crippen LogP contribution in [0.3, 0.4) is 0 Å². The molecule has 0 radical (unpaired) electrons. The molecule has 0 saturated heterocycles. The second-order valence-corrected chi connectivity index (χ2v) is 6.83. The van der Waals surface area contributed by atoms with Gasteiger partial charge in [0.05, 0.1) is 5.52 Å². The number of ether oxygens (including phenoxy) is 1. The van der Waals surface area contributed by atoms with E-state index in [2.05, 4.69) is 27.2 Å². The molecular weight excluding hydrogens is 334 g/mol. The van der Waals surface area contributed by atoms with E-state index in [0.717, 1.165) is 33.2 Å². The van der Waals surface area contributed by atoms with Crippen molar-refractivity contribution in [2.45, 2.75) is 13.5 Å². The maximum Gasteiger partial charge on any atom is 0.235 e. The van der Waals surface area contributed by atoms with Crippen molar-refractivity contribution >= 4 is 27.2 Å². The summed E-state index contributed by atoms with van der Waals surface area (Å²) in [6, 6.07) is 15.9. The largest absolute Gasteiger partial charge is 0.486 e. The van der Waals surface area contributed by atoms with E-state index in [0.29, 0.717) is 11.6 Å². The molecule has 3 heterocycles. The number of para-hydroxylation sites is 1. The third-order valence-electron chi connectivity index (χ3n) is 4.02. The lowest BCUT2D eigenvalue weighted by molar-refractivity contribution is 0.304. The van der Waals surface area contributed by atoms with Crippen LogP contribution in [-0.4, -0.2) is 24.8 Å². The van der Waals surface area contributed by atoms with E-state index in [9.17, 15) is 0 Å². The number of nitrogens with zero attached hydrogens (tertiary/aromatic N) is 5. The summed E-state index contributed by atoms with van der Waals surface area (Å²) in [6.45, 7) is 2.44. The third-order valence-corrected chi connectivity index (χ3v) is 4.89. The molecule has 2 aliphatic heterocycles. The average molecular weight is 347 g/mol. The smallest absolute Gasteiger partial charge is 0.235 e. The first-order valence-corrected chi connectivity index (χ1v) is 8.69. The predicted octanol–water partition coefficient (Wildman–Crippen LogP) is 3.73. The van der Waals surface area contributed by atoms with Gasteiger partial charge in [-0.25, -0.2) is 4.98 Å². The molecule has 7 heteroatoms. The maximum atomic E-state index is 5.81. The molecule has 122 valence electrons. The highest BCUT2D eigenvalue weighted by atomic mass is 32.1. The van der Waals surface area contributed by atoms with Crippen molar-refractivity contribution in [3.05, 3.63) is 59.1 Å². The highest BCUT2D eigenvalue weighted by molar-refractivity contribution is 7.16. The van der Waals surface area contributed by atoms with Gasteiger partial charge in [0.1, 0.15) is 18.1 Å². The van der Waals surface area contributed by atoms with Crippen LogP contribution >= 0.6 is 11.3 Å². The lowest BCUT2D eigenvalue weighted by atomic mass is 10.2. The van der Waals surface area contributed by atoms with E-state index in [1.807, 2.05) is 48.5 Å². The number of benzene rings is 2. The van der Waals surface area contributed by atoms with Crippen LogP contribution in [-0.2, 0) is 6.61 Å². The van der Waals surface area contributed by atoms with Gasteiger partial charge in [0.25, 0.3) is 0 Å². The van der Waals surface area contributed by atoms with E-state index < -0.39 is 0 Å². The number of hydrogen-bond acceptors (Lipinski definition) is 6. The van der Waals surface area contributed by atoms with Gasteiger partial charge >= 0.3 is 0 Å². The van der Waals surface area contributed by atoms with E-state index in [4.69, 9.17) is 4.74 Å². The summed E-state index contributed by atoms with van der Waals surface area (Å²) in [7, 11) is 0. The third kappa shape index (κ3) is 2.40. The Morgan fingerprint density at radius 1 is 1.04 bits per heavy atom. The fourth-order valence-corrected chi connectivity index (χ4v) is 3.51. The van der Waals surface area contributed by atoms with Crippen molar-refractivity contribution < 1.29 is 4.74 Å². The van der Waals surface area contributed by atoms with Gasteiger partial charge in [0.15, 0.2) is 10.8 Å². The van der Waals surface area contributed by atoms with Crippen LogP contribution in [0.5, 0.6) is 5.75 Å². The molecule has 1 aromatic heterocycles. The first kappa shape index (κ1) is 14.3. The Morgan fingerprint density at radius 3 is 2.76 bits per heavy atom. The van der Waals surface area contributed by atoms with Gasteiger partial charge in [-0.15, -0.1) is 10.2 Å². The van der Waals surface area contributed by atoms with E-state index in [1.54, 1.807) is 4.52 Å². The van der Waals surface area contributed by atoms with Crippen molar-refractivity contribution in [2.75, 3.05) is 0 Å². The van der Waals surface area contributed by atoms with E-state index in [-0.39, 0.29) is 0 Å². The molecule has 0 atom stereocenters. The van der Waals surface area contributed by atoms with Crippen LogP contribution in [0.1, 0.15) is 10.6 Å². The van der Waals surface area contributed by atoms with Crippen LogP contribution in [0.2, 0.25) is 0 Å². The minimum atomic E-state index is 0.388. The lowest BCUT2D eigenvalue weighted by Gasteiger charge is -2.03. The first-order chi connectivity index (χ1) is 12.3. The Kier molecular flexibility index (Phi) is 3.14. The van der Waals surface area contributed by atoms with Crippen LogP contribution in [0.4, 0.5) is 0 Å². The molecule has 6 nitrogen and oxygen atoms in total. The standard InChI is InChI=1S/C18H13N5OS/c1-11-6-8-12(9-7-11)24-10-15-22-23-17-16(20-21-18(23)25-15)13-4-2-3-5-14(13)19-17/h2-9H,10H2,1H3. The van der Waals surface area contributed by atoms with Crippen molar-refractivity contribution in [3.63, 3.8) is 0 Å². The summed E-state index contributed by atoms with van der Waals surface area (Å²) in [5, 5.41) is 15.1. The summed E-state index contributed by atoms with van der Waals surface area (Å²) in [5.41, 5.74) is 2.87. The molecule has 5 rings (SSSR count). The van der Waals surface area contributed by atoms with Gasteiger partial charge < -0.3 is 4.74 Å². The fraction of sp³-hybridized carbons (Fsp3) is 0.111. The molecule has 0 amide bonds. The summed E-state index contributed by atoms with van der Waals surface area (Å²) in [4.78, 5) is 5.35. The van der Waals surface area contributed by atoms with E-state index in [1.165, 1.54) is 16.9 Å². The van der Waals surface area contributed by atoms with Gasteiger partial charge in [0, 0.05) is 5.39 Å². The van der Waals surface area contributed by atoms with Crippen molar-refractivity contribution in [3.8, 4) is 17.3 Å². The Bertz CT molecular complexity index is 1160. The van der Waals surface area contributed by atoms with Gasteiger partial charge in [-0.2, -0.15) is 9.61 Å². The molecule has 3 aromatic rings. The van der Waals surface area contributed by atoms with Gasteiger partial charge in [0.2, 0.25) is 4.96 Å². The number of hydrogen-bond donors (Lipinski definition) is 0. The number of rotatable bonds is 3. The van der Waals surface area contributed by atoms with Crippen molar-refractivity contribution in [2.24, 2.45) is 0 Å². The molecule has 25 heavy (non-hydrogen) atoms. The average Bonchev–Trinajstić information content (AvgIpc) is 3.22. The zero-order chi connectivity index (χ0) is 16.8. The molecular formula is C18H13N5OS. The maximum absolute atomic E-state index is 5.81. The molecule has 0 N–H and O–H groups in total. The minimum Gasteiger partial charge on any atom is -0.486 e. The van der Waals surface area contributed by atoms with Crippen molar-refractivity contribution in [1.29, 1.82) is 0 Å². The Morgan fingerprint density at radius 2 is 1.88 bits per heavy atom. The number of aryl methyl sites for hydroxylation is 1. The minimum absolute atomic E-state index is 0.388. The number of fused-ring (bicyclic) bond motifs is 5. The van der Waals surface area contributed by atoms with Gasteiger partial charge in [-0.05, 0) is 25.1 Å². The summed E-state index contributed by atoms with van der Waals surface area (Å²) < 4.78 is 7.56. The monoisotopic (exact) mass is 347 g/mol. The SMILES string of the molecule is Cc1ccc(OCc2nn3c4nc5ccccc5c-4nnc3s2)cc1. The quantitative estimate of drug-likeness (QED) is 0.497. The van der Waals surface area contributed by atoms with Crippen LogP contribution in [0.25, 0.3) is 27.4 Å². The number of aromatic nitrogens is 5. The summed E-state index contributed by atoms with van der Waals surface area (Å²) >= 11 is 1.46. The zero-order valence-corrected chi connectivity index (χ0v) is 14.2. The molecule has 0 aliphatic carbocycles. The molecule has 2 aromatic carbocycles. The Labute approximate surface area is 147 Å². The predicted molar refractivity (Wildman–Crippen MR) is 96.1 cm³/mol. The fourth-order valence-electron chi connectivity index (χ4n) is 2.76. The van der Waals surface area contributed by atoms with Crippen molar-refractivity contribution in [1.82, 2.24) is 24.8 Å². The lowest BCUT2D eigenvalue weighted by Crippen LogP contribution is -2.01. The van der Waals surface area contributed by atoms with Crippen LogP contribution < -0.4 is 4.74 Å². The summed E-state index contributed by atoms with van der Waals surface area (Å²) in [6.07, 6.45) is 0.